The summed E-state index contributed by atoms with van der Waals surface area (Å²) in [4.78, 5) is 21.6. The predicted molar refractivity (Wildman–Crippen MR) is 152 cm³/mol. The fraction of sp³-hybridized carbons (Fsp3) is 0.679. The van der Waals surface area contributed by atoms with Crippen LogP contribution in [0, 0.1) is 23.2 Å². The molecule has 0 radical (unpaired) electrons. The molecule has 11 heteroatoms. The molecular weight excluding hydrogens is 519 g/mol. The number of carbonyl (C=O) groups is 2. The SMILES string of the molecule is CC.CC(C)(F)C(=O)O.CC1CCC(C(C)NC(=O)c2ccsc2)CC1.N#CC1(n2ccnn2)CCNCC1. The van der Waals surface area contributed by atoms with Crippen molar-refractivity contribution in [2.45, 2.75) is 97.3 Å². The molecule has 2 aromatic rings. The maximum Gasteiger partial charge on any atom is 0.340 e. The zero-order valence-electron chi connectivity index (χ0n) is 24.1. The minimum absolute atomic E-state index is 0.0809. The largest absolute Gasteiger partial charge is 0.479 e. The van der Waals surface area contributed by atoms with E-state index in [0.717, 1.165) is 51.3 Å². The number of rotatable bonds is 5. The van der Waals surface area contributed by atoms with Crippen LogP contribution in [0.25, 0.3) is 0 Å². The van der Waals surface area contributed by atoms with E-state index in [1.54, 1.807) is 28.4 Å². The van der Waals surface area contributed by atoms with E-state index in [0.29, 0.717) is 12.0 Å². The molecule has 0 bridgehead atoms. The summed E-state index contributed by atoms with van der Waals surface area (Å²) in [6.45, 7) is 12.2. The highest BCUT2D eigenvalue weighted by molar-refractivity contribution is 7.08. The van der Waals surface area contributed by atoms with Crippen molar-refractivity contribution in [1.29, 1.82) is 5.26 Å². The summed E-state index contributed by atoms with van der Waals surface area (Å²) in [6, 6.07) is 4.53. The summed E-state index contributed by atoms with van der Waals surface area (Å²) in [5.41, 5.74) is -1.76. The first-order valence-corrected chi connectivity index (χ1v) is 14.7. The van der Waals surface area contributed by atoms with E-state index in [1.165, 1.54) is 25.7 Å². The summed E-state index contributed by atoms with van der Waals surface area (Å²) in [5, 5.41) is 34.9. The van der Waals surface area contributed by atoms with E-state index in [2.05, 4.69) is 40.9 Å². The molecule has 1 aliphatic heterocycles. The highest BCUT2D eigenvalue weighted by Crippen LogP contribution is 2.30. The minimum atomic E-state index is -2.08. The molecule has 1 saturated heterocycles. The maximum absolute atomic E-state index is 11.9. The number of nitrogens with one attached hydrogen (secondary N) is 2. The summed E-state index contributed by atoms with van der Waals surface area (Å²) in [5.74, 6) is 0.185. The number of aliphatic carboxylic acids is 1. The Morgan fingerprint density at radius 3 is 2.31 bits per heavy atom. The van der Waals surface area contributed by atoms with Gasteiger partial charge in [-0.05, 0) is 82.8 Å². The van der Waals surface area contributed by atoms with Gasteiger partial charge in [-0.1, -0.05) is 38.8 Å². The minimum Gasteiger partial charge on any atom is -0.479 e. The lowest BCUT2D eigenvalue weighted by Gasteiger charge is -2.31. The monoisotopic (exact) mass is 564 g/mol. The van der Waals surface area contributed by atoms with Crippen molar-refractivity contribution < 1.29 is 19.1 Å². The van der Waals surface area contributed by atoms with Crippen molar-refractivity contribution in [3.63, 3.8) is 0 Å². The van der Waals surface area contributed by atoms with Crippen LogP contribution >= 0.6 is 11.3 Å². The summed E-state index contributed by atoms with van der Waals surface area (Å²) in [7, 11) is 0. The first-order valence-electron chi connectivity index (χ1n) is 13.7. The molecule has 4 rings (SSSR count). The van der Waals surface area contributed by atoms with Crippen LogP contribution in [-0.4, -0.2) is 56.8 Å². The Morgan fingerprint density at radius 2 is 1.87 bits per heavy atom. The number of thiophene rings is 1. The third kappa shape index (κ3) is 11.4. The normalized spacial score (nSPS) is 20.7. The Kier molecular flexibility index (Phi) is 14.9. The van der Waals surface area contributed by atoms with Crippen LogP contribution in [0.2, 0.25) is 0 Å². The predicted octanol–water partition coefficient (Wildman–Crippen LogP) is 5.42. The fourth-order valence-corrected chi connectivity index (χ4v) is 4.89. The molecule has 2 aliphatic rings. The zero-order chi connectivity index (χ0) is 29.5. The van der Waals surface area contributed by atoms with Crippen molar-refractivity contribution >= 4 is 23.2 Å². The van der Waals surface area contributed by atoms with E-state index in [4.69, 9.17) is 10.4 Å². The molecule has 218 valence electrons. The molecule has 1 saturated carbocycles. The lowest BCUT2D eigenvalue weighted by molar-refractivity contribution is -0.148. The second kappa shape index (κ2) is 17.0. The Bertz CT molecular complexity index is 988. The fourth-order valence-electron chi connectivity index (χ4n) is 4.26. The van der Waals surface area contributed by atoms with E-state index in [9.17, 15) is 14.0 Å². The maximum atomic E-state index is 11.9. The Hall–Kier alpha value is -2.84. The number of alkyl halides is 1. The number of hydrogen-bond donors (Lipinski definition) is 3. The summed E-state index contributed by atoms with van der Waals surface area (Å²) >= 11 is 1.57. The van der Waals surface area contributed by atoms with Gasteiger partial charge in [-0.25, -0.2) is 13.9 Å². The number of piperidine rings is 1. The molecule has 9 nitrogen and oxygen atoms in total. The van der Waals surface area contributed by atoms with Gasteiger partial charge in [0.1, 0.15) is 0 Å². The third-order valence-corrected chi connectivity index (χ3v) is 7.60. The van der Waals surface area contributed by atoms with Gasteiger partial charge in [-0.2, -0.15) is 16.6 Å². The van der Waals surface area contributed by atoms with Crippen molar-refractivity contribution in [3.8, 4) is 6.07 Å². The molecule has 1 amide bonds. The van der Waals surface area contributed by atoms with Crippen molar-refractivity contribution in [2.75, 3.05) is 13.1 Å². The summed E-state index contributed by atoms with van der Waals surface area (Å²) in [6.07, 6.45) is 10.1. The highest BCUT2D eigenvalue weighted by atomic mass is 32.1. The molecule has 3 N–H and O–H groups in total. The molecule has 0 aromatic carbocycles. The number of amides is 1. The second-order valence-corrected chi connectivity index (χ2v) is 11.1. The van der Waals surface area contributed by atoms with Gasteiger partial charge in [-0.3, -0.25) is 4.79 Å². The van der Waals surface area contributed by atoms with E-state index in [1.807, 2.05) is 30.7 Å². The molecule has 1 atom stereocenters. The number of nitriles is 1. The van der Waals surface area contributed by atoms with Gasteiger partial charge < -0.3 is 15.7 Å². The van der Waals surface area contributed by atoms with Crippen LogP contribution in [0.5, 0.6) is 0 Å². The summed E-state index contributed by atoms with van der Waals surface area (Å²) < 4.78 is 13.6. The number of nitrogens with zero attached hydrogens (tertiary/aromatic N) is 4. The van der Waals surface area contributed by atoms with Gasteiger partial charge >= 0.3 is 5.97 Å². The van der Waals surface area contributed by atoms with Gasteiger partial charge in [0, 0.05) is 23.2 Å². The van der Waals surface area contributed by atoms with Crippen molar-refractivity contribution in [2.24, 2.45) is 11.8 Å². The van der Waals surface area contributed by atoms with Crippen LogP contribution in [0.15, 0.2) is 29.2 Å². The molecule has 2 aromatic heterocycles. The Balaban J connectivity index is 0.000000306. The van der Waals surface area contributed by atoms with Crippen LogP contribution < -0.4 is 10.6 Å². The third-order valence-electron chi connectivity index (χ3n) is 6.92. The van der Waals surface area contributed by atoms with Crippen molar-refractivity contribution in [3.05, 3.63) is 34.8 Å². The second-order valence-electron chi connectivity index (χ2n) is 10.3. The lowest BCUT2D eigenvalue weighted by Crippen LogP contribution is -2.43. The Morgan fingerprint density at radius 1 is 1.28 bits per heavy atom. The first kappa shape index (κ1) is 34.2. The lowest BCUT2D eigenvalue weighted by atomic mass is 9.79. The number of carboxylic acid groups (broad SMARTS) is 1. The van der Waals surface area contributed by atoms with E-state index >= 15 is 0 Å². The number of carboxylic acids is 1. The van der Waals surface area contributed by atoms with Gasteiger partial charge in [0.2, 0.25) is 5.67 Å². The number of carbonyl (C=O) groups excluding carboxylic acids is 1. The quantitative estimate of drug-likeness (QED) is 0.442. The number of aromatic nitrogens is 3. The topological polar surface area (TPSA) is 133 Å². The van der Waals surface area contributed by atoms with Crippen LogP contribution in [0.3, 0.4) is 0 Å². The molecular formula is C28H45FN6O3S. The van der Waals surface area contributed by atoms with Gasteiger partial charge in [-0.15, -0.1) is 5.10 Å². The van der Waals surface area contributed by atoms with Gasteiger partial charge in [0.15, 0.2) is 5.54 Å². The Labute approximate surface area is 236 Å². The van der Waals surface area contributed by atoms with Gasteiger partial charge in [0.25, 0.3) is 5.91 Å². The highest BCUT2D eigenvalue weighted by Gasteiger charge is 2.34. The molecule has 3 heterocycles. The molecule has 1 aliphatic carbocycles. The smallest absolute Gasteiger partial charge is 0.340 e. The molecule has 1 unspecified atom stereocenters. The molecule has 39 heavy (non-hydrogen) atoms. The molecule has 2 fully saturated rings. The average Bonchev–Trinajstić information content (AvgIpc) is 3.66. The van der Waals surface area contributed by atoms with E-state index in [-0.39, 0.29) is 5.91 Å². The van der Waals surface area contributed by atoms with Crippen LogP contribution in [0.1, 0.15) is 90.4 Å². The van der Waals surface area contributed by atoms with Crippen LogP contribution in [-0.2, 0) is 10.3 Å². The van der Waals surface area contributed by atoms with Gasteiger partial charge in [0.05, 0.1) is 12.3 Å². The number of hydrogen-bond acceptors (Lipinski definition) is 7. The van der Waals surface area contributed by atoms with Crippen LogP contribution in [0.4, 0.5) is 4.39 Å². The molecule has 0 spiro atoms. The standard InChI is InChI=1S/C14H21NOS.C8H11N5.C4H7FO2.C2H6/c1-10-3-5-12(6-4-10)11(2)15-14(16)13-7-8-17-9-13;9-7-8(1-3-10-4-2-8)13-6-5-11-12-13;1-4(2,5)3(6)7;1-2/h7-12H,3-6H2,1-2H3,(H,15,16);5-6,10H,1-4H2;1-2H3,(H,6,7);1-2H3. The van der Waals surface area contributed by atoms with Crippen molar-refractivity contribution in [1.82, 2.24) is 25.6 Å². The zero-order valence-corrected chi connectivity index (χ0v) is 24.9. The average molecular weight is 565 g/mol. The van der Waals surface area contributed by atoms with E-state index < -0.39 is 17.2 Å². The first-order chi connectivity index (χ1) is 18.5. The number of halogens is 1.